The monoisotopic (exact) mass is 1430 g/mol. The average Bonchev–Trinajstić information content (AvgIpc) is 1.69. The van der Waals surface area contributed by atoms with E-state index in [0.717, 1.165) is 16.7 Å². The minimum atomic E-state index is -2.02. The number of carboxylic acid groups (broad SMARTS) is 1. The Morgan fingerprint density at radius 2 is 1.25 bits per heavy atom. The molecule has 2 aliphatic heterocycles. The van der Waals surface area contributed by atoms with Gasteiger partial charge in [-0.15, -0.1) is 0 Å². The van der Waals surface area contributed by atoms with Gasteiger partial charge in [-0.05, 0) is 117 Å². The van der Waals surface area contributed by atoms with Gasteiger partial charge in [0, 0.05) is 108 Å². The first-order chi connectivity index (χ1) is 48.4. The normalized spacial score (nSPS) is 22.7. The number of primary amides is 1. The van der Waals surface area contributed by atoms with Crippen LogP contribution >= 0.6 is 23.5 Å². The lowest BCUT2D eigenvalue weighted by atomic mass is 9.95. The lowest BCUT2D eigenvalue weighted by Crippen LogP contribution is -2.63. The molecule has 4 aromatic carbocycles. The van der Waals surface area contributed by atoms with Crippen molar-refractivity contribution in [3.63, 3.8) is 0 Å². The SMILES string of the molecule is Cc1cccc(C[C@@H]2NC(=O)[C@@H](Cc3cnc[nH]3)NC(=O)[C@H](CC(=O)O)NC(=O)[C@H](Cc3c[nH]c4ccc(F)cc34)NC(=O)[C@H](Cc3c[nH]c4ccc(F)cc34)NC(=O)CNC(=O)[C@H](CCCCN)NC(=O)CCSCc3cccc(c3)CSC[C@@H](C(N)=O)NC(=O)[C@]3(C)CCCN3C2=O)c1. The molecule has 7 aromatic rings. The number of aliphatic carboxylic acids is 1. The Kier molecular flexibility index (Phi) is 26.2. The summed E-state index contributed by atoms with van der Waals surface area (Å²) in [5.41, 5.74) is 15.1. The average molecular weight is 1430 g/mol. The highest BCUT2D eigenvalue weighted by Crippen LogP contribution is 2.32. The first kappa shape index (κ1) is 75.1. The molecule has 101 heavy (non-hydrogen) atoms. The predicted octanol–water partition coefficient (Wildman–Crippen LogP) is 2.78. The molecule has 0 spiro atoms. The number of fused-ring (bicyclic) bond motifs is 5. The number of hydrogen-bond donors (Lipinski definition) is 14. The number of aryl methyl sites for hydroxylation is 1. The van der Waals surface area contributed by atoms with E-state index in [2.05, 4.69) is 62.5 Å². The number of aromatic amines is 3. The van der Waals surface area contributed by atoms with Crippen LogP contribution in [0.15, 0.2) is 110 Å². The summed E-state index contributed by atoms with van der Waals surface area (Å²) >= 11 is 2.81. The van der Waals surface area contributed by atoms with Crippen LogP contribution in [-0.4, -0.2) is 174 Å². The number of H-pyrrole nitrogens is 3. The van der Waals surface area contributed by atoms with E-state index >= 15 is 19.2 Å². The van der Waals surface area contributed by atoms with Gasteiger partial charge in [-0.1, -0.05) is 54.1 Å². The second-order valence-corrected chi connectivity index (χ2v) is 27.5. The molecule has 8 atom stereocenters. The number of rotatable bonds is 15. The molecule has 2 aliphatic rings. The number of unbranched alkanes of at least 4 members (excludes halogenated alkanes) is 1. The summed E-state index contributed by atoms with van der Waals surface area (Å²) in [6.07, 6.45) is 4.78. The van der Waals surface area contributed by atoms with Crippen LogP contribution in [0.4, 0.5) is 8.78 Å². The number of aromatic nitrogens is 4. The molecule has 5 heterocycles. The third-order valence-corrected chi connectivity index (χ3v) is 19.8. The molecule has 1 fully saturated rings. The number of hydrogen-bond acceptors (Lipinski definition) is 15. The number of imidazole rings is 1. The van der Waals surface area contributed by atoms with E-state index < -0.39 is 144 Å². The van der Waals surface area contributed by atoms with Gasteiger partial charge in [0.1, 0.15) is 59.5 Å². The van der Waals surface area contributed by atoms with Gasteiger partial charge in [-0.3, -0.25) is 52.7 Å². The standard InChI is InChI=1S/C70H83F2N15O12S2/c1-39-8-5-9-40(22-39)24-57-68(98)87-20-7-18-70(87,2)69(99)86-58(62(74)92)37-101-36-42-11-6-10-41(23-42)35-100-21-17-59(88)80-52(12-3-4-19-73)63(93)78-34-60(89)81-53(25-43-31-76-50-15-13-45(71)27-48(43)50)64(94)82-54(26-44-32-77-51-16-14-46(72)28-49(44)51)65(95)84-56(30-61(90)91)67(97)83-55(66(96)85-57)29-47-33-75-38-79-47/h5-6,8-11,13-16,22-23,27-28,31-33,38,52-58,76-77H,3-4,7,12,17-21,24-26,29-30,34-37,73H2,1-2H3,(H2,74,92)(H,75,79)(H,78,93)(H,80,88)(H,81,89)(H,82,94)(H,83,97)(H,84,95)(H,85,96)(H,86,99)(H,90,91)/t52-,53-,54-,55+,56-,57-,58-,70-/m0/s1. The molecule has 0 radical (unpaired) electrons. The molecule has 31 heteroatoms. The Balaban J connectivity index is 1.06. The molecule has 0 saturated carbocycles. The van der Waals surface area contributed by atoms with Gasteiger partial charge in [0.2, 0.25) is 59.1 Å². The fourth-order valence-corrected chi connectivity index (χ4v) is 14.2. The minimum absolute atomic E-state index is 0.0163. The molecular formula is C70H83F2N15O12S2. The van der Waals surface area contributed by atoms with Gasteiger partial charge >= 0.3 is 5.97 Å². The minimum Gasteiger partial charge on any atom is -0.481 e. The second kappa shape index (κ2) is 35.3. The number of amides is 10. The van der Waals surface area contributed by atoms with Crippen LogP contribution in [0.1, 0.15) is 90.9 Å². The highest BCUT2D eigenvalue weighted by molar-refractivity contribution is 7.98. The molecule has 0 unspecified atom stereocenters. The zero-order valence-electron chi connectivity index (χ0n) is 55.7. The van der Waals surface area contributed by atoms with E-state index in [-0.39, 0.29) is 67.5 Å². The zero-order chi connectivity index (χ0) is 72.3. The van der Waals surface area contributed by atoms with Crippen molar-refractivity contribution in [1.82, 2.24) is 67.4 Å². The predicted molar refractivity (Wildman–Crippen MR) is 375 cm³/mol. The van der Waals surface area contributed by atoms with Crippen LogP contribution in [0, 0.1) is 18.6 Å². The summed E-state index contributed by atoms with van der Waals surface area (Å²) < 4.78 is 29.8. The van der Waals surface area contributed by atoms with Gasteiger partial charge in [-0.2, -0.15) is 23.5 Å². The summed E-state index contributed by atoms with van der Waals surface area (Å²) in [5.74, 6) is -10.2. The third kappa shape index (κ3) is 20.7. The lowest BCUT2D eigenvalue weighted by molar-refractivity contribution is -0.147. The number of nitrogens with two attached hydrogens (primary N) is 2. The van der Waals surface area contributed by atoms with Crippen LogP contribution in [0.3, 0.4) is 0 Å². The van der Waals surface area contributed by atoms with Gasteiger partial charge in [-0.25, -0.2) is 13.8 Å². The molecule has 536 valence electrons. The largest absolute Gasteiger partial charge is 0.481 e. The second-order valence-electron chi connectivity index (χ2n) is 25.4. The quantitative estimate of drug-likeness (QED) is 0.0656. The van der Waals surface area contributed by atoms with E-state index in [0.29, 0.717) is 70.6 Å². The van der Waals surface area contributed by atoms with Crippen LogP contribution in [0.5, 0.6) is 0 Å². The molecule has 1 saturated heterocycles. The summed E-state index contributed by atoms with van der Waals surface area (Å²) in [6.45, 7) is 3.01. The summed E-state index contributed by atoms with van der Waals surface area (Å²) in [4.78, 5) is 172. The number of nitrogens with zero attached hydrogens (tertiary/aromatic N) is 2. The zero-order valence-corrected chi connectivity index (χ0v) is 57.4. The molecular weight excluding hydrogens is 1340 g/mol. The van der Waals surface area contributed by atoms with Gasteiger partial charge in [0.15, 0.2) is 0 Å². The van der Waals surface area contributed by atoms with Crippen molar-refractivity contribution in [1.29, 1.82) is 0 Å². The van der Waals surface area contributed by atoms with Crippen molar-refractivity contribution in [3.8, 4) is 0 Å². The van der Waals surface area contributed by atoms with E-state index in [1.807, 2.05) is 37.3 Å². The summed E-state index contributed by atoms with van der Waals surface area (Å²) in [5, 5.41) is 32.1. The molecule has 16 N–H and O–H groups in total. The lowest BCUT2D eigenvalue weighted by Gasteiger charge is -2.37. The number of carbonyl (C=O) groups is 11. The Morgan fingerprint density at radius 3 is 1.86 bits per heavy atom. The van der Waals surface area contributed by atoms with Crippen molar-refractivity contribution < 1.29 is 66.6 Å². The number of thioether (sulfide) groups is 2. The topological polar surface area (TPSA) is 420 Å². The maximum atomic E-state index is 15.3. The molecule has 2 bridgehead atoms. The number of halogens is 2. The van der Waals surface area contributed by atoms with Crippen molar-refractivity contribution in [3.05, 3.63) is 161 Å². The molecule has 3 aromatic heterocycles. The van der Waals surface area contributed by atoms with E-state index in [9.17, 15) is 47.4 Å². The third-order valence-electron chi connectivity index (χ3n) is 17.7. The number of carbonyl (C=O) groups excluding carboxylic acids is 10. The number of benzene rings is 4. The Hall–Kier alpha value is -10.1. The van der Waals surface area contributed by atoms with Gasteiger partial charge in [0.05, 0.1) is 19.3 Å². The van der Waals surface area contributed by atoms with Crippen molar-refractivity contribution in [2.45, 2.75) is 144 Å². The smallest absolute Gasteiger partial charge is 0.305 e. The Morgan fingerprint density at radius 1 is 0.653 bits per heavy atom. The maximum absolute atomic E-state index is 15.3. The van der Waals surface area contributed by atoms with Gasteiger partial charge in [0.25, 0.3) is 0 Å². The number of nitrogens with one attached hydrogen (secondary N) is 11. The van der Waals surface area contributed by atoms with Crippen LogP contribution in [-0.2, 0) is 89.9 Å². The van der Waals surface area contributed by atoms with E-state index in [4.69, 9.17) is 11.5 Å². The van der Waals surface area contributed by atoms with Gasteiger partial charge < -0.3 is 79.0 Å². The Bertz CT molecular complexity index is 4170. The Labute approximate surface area is 588 Å². The fraction of sp³-hybridized carbons (Fsp3) is 0.400. The molecule has 10 amide bonds. The number of carboxylic acids is 1. The summed E-state index contributed by atoms with van der Waals surface area (Å²) in [6, 6.07) is 11.7. The molecule has 0 aliphatic carbocycles. The first-order valence-electron chi connectivity index (χ1n) is 33.1. The molecule has 27 nitrogen and oxygen atoms in total. The van der Waals surface area contributed by atoms with Crippen LogP contribution < -0.4 is 54.0 Å². The van der Waals surface area contributed by atoms with Crippen molar-refractivity contribution in [2.24, 2.45) is 11.5 Å². The first-order valence-corrected chi connectivity index (χ1v) is 35.4. The fourth-order valence-electron chi connectivity index (χ4n) is 12.3. The maximum Gasteiger partial charge on any atom is 0.305 e. The summed E-state index contributed by atoms with van der Waals surface area (Å²) in [7, 11) is 0. The van der Waals surface area contributed by atoms with E-state index in [1.54, 1.807) is 25.1 Å². The molecule has 9 rings (SSSR count). The van der Waals surface area contributed by atoms with Crippen LogP contribution in [0.25, 0.3) is 21.8 Å². The van der Waals surface area contributed by atoms with Crippen LogP contribution in [0.2, 0.25) is 0 Å². The highest BCUT2D eigenvalue weighted by Gasteiger charge is 2.49. The van der Waals surface area contributed by atoms with Crippen molar-refractivity contribution in [2.75, 3.05) is 31.1 Å². The highest BCUT2D eigenvalue weighted by atomic mass is 32.2. The van der Waals surface area contributed by atoms with Crippen molar-refractivity contribution >= 4 is 110 Å². The van der Waals surface area contributed by atoms with E-state index in [1.165, 1.54) is 89.7 Å².